The molecule has 9 heteroatoms. The van der Waals surface area contributed by atoms with Crippen LogP contribution in [0.1, 0.15) is 20.8 Å². The summed E-state index contributed by atoms with van der Waals surface area (Å²) in [6.07, 6.45) is 7.68. The molecule has 8 nitrogen and oxygen atoms in total. The number of aliphatic hydroxyl groups is 1. The van der Waals surface area contributed by atoms with E-state index in [0.717, 1.165) is 24.5 Å². The van der Waals surface area contributed by atoms with Crippen molar-refractivity contribution in [3.05, 3.63) is 48.6 Å². The summed E-state index contributed by atoms with van der Waals surface area (Å²) in [6.45, 7) is 8.24. The fourth-order valence-electron chi connectivity index (χ4n) is 6.37. The lowest BCUT2D eigenvalue weighted by Gasteiger charge is -2.36. The summed E-state index contributed by atoms with van der Waals surface area (Å²) in [7, 11) is 0. The molecule has 4 aliphatic rings. The number of carbonyl (C=O) groups is 3. The first-order chi connectivity index (χ1) is 17.3. The Bertz CT molecular complexity index is 1120. The second-order valence-corrected chi connectivity index (χ2v) is 11.6. The Hall–Kier alpha value is -2.78. The van der Waals surface area contributed by atoms with Gasteiger partial charge in [0.15, 0.2) is 0 Å². The van der Waals surface area contributed by atoms with Gasteiger partial charge in [-0.25, -0.2) is 0 Å². The number of cyclic esters (lactones) is 1. The zero-order valence-electron chi connectivity index (χ0n) is 20.9. The van der Waals surface area contributed by atoms with Gasteiger partial charge >= 0.3 is 5.97 Å². The molecule has 0 radical (unpaired) electrons. The van der Waals surface area contributed by atoms with Crippen LogP contribution in [-0.2, 0) is 19.1 Å². The van der Waals surface area contributed by atoms with E-state index in [1.807, 2.05) is 55.5 Å². The maximum absolute atomic E-state index is 14.2. The van der Waals surface area contributed by atoms with Crippen LogP contribution in [0.4, 0.5) is 11.4 Å². The molecule has 1 aromatic rings. The maximum atomic E-state index is 14.2. The molecule has 5 rings (SSSR count). The molecule has 4 heterocycles. The Labute approximate surface area is 215 Å². The van der Waals surface area contributed by atoms with Crippen LogP contribution < -0.4 is 9.80 Å². The number of carbonyl (C=O) groups excluding carboxylic acids is 3. The van der Waals surface area contributed by atoms with Crippen LogP contribution in [-0.4, -0.2) is 82.7 Å². The highest BCUT2D eigenvalue weighted by molar-refractivity contribution is 8.02. The van der Waals surface area contributed by atoms with Crippen molar-refractivity contribution in [2.45, 2.75) is 36.3 Å². The van der Waals surface area contributed by atoms with Gasteiger partial charge in [0.05, 0.1) is 23.2 Å². The molecule has 0 bridgehead atoms. The number of anilines is 2. The standard InChI is InChI=1S/C27H33N3O5S/c1-4-28(5-2)18-8-10-19(11-9-18)29-14-6-13-27-20(23(32)30(15-16-31)22(27)24(29)33)21-25(34)35-17-7-12-26(21,3)36-27/h6-13,20-22,31H,4-5,14-17H2,1-3H3/t20-,21-,22?,26+,27-/m0/s1. The van der Waals surface area contributed by atoms with Gasteiger partial charge in [-0.05, 0) is 51.1 Å². The normalized spacial score (nSPS) is 33.1. The zero-order valence-corrected chi connectivity index (χ0v) is 21.7. The molecule has 1 N–H and O–H groups in total. The van der Waals surface area contributed by atoms with E-state index in [4.69, 9.17) is 4.74 Å². The summed E-state index contributed by atoms with van der Waals surface area (Å²) < 4.78 is 3.82. The lowest BCUT2D eigenvalue weighted by Crippen LogP contribution is -2.54. The van der Waals surface area contributed by atoms with Crippen LogP contribution in [0.2, 0.25) is 0 Å². The van der Waals surface area contributed by atoms with Gasteiger partial charge in [-0.15, -0.1) is 11.8 Å². The summed E-state index contributed by atoms with van der Waals surface area (Å²) in [5.41, 5.74) is 1.83. The van der Waals surface area contributed by atoms with Gasteiger partial charge in [0.2, 0.25) is 5.91 Å². The summed E-state index contributed by atoms with van der Waals surface area (Å²) in [5, 5.41) is 9.79. The van der Waals surface area contributed by atoms with Crippen LogP contribution in [0.5, 0.6) is 0 Å². The third-order valence-corrected chi connectivity index (χ3v) is 9.74. The molecule has 4 aliphatic heterocycles. The minimum Gasteiger partial charge on any atom is -0.461 e. The Morgan fingerprint density at radius 1 is 1.06 bits per heavy atom. The molecule has 0 aromatic heterocycles. The third kappa shape index (κ3) is 3.58. The summed E-state index contributed by atoms with van der Waals surface area (Å²) >= 11 is 1.50. The minimum absolute atomic E-state index is 0.0327. The van der Waals surface area contributed by atoms with Crippen LogP contribution in [0.3, 0.4) is 0 Å². The van der Waals surface area contributed by atoms with Crippen molar-refractivity contribution in [1.29, 1.82) is 0 Å². The number of esters is 1. The maximum Gasteiger partial charge on any atom is 0.311 e. The van der Waals surface area contributed by atoms with Gasteiger partial charge in [0.25, 0.3) is 5.91 Å². The molecule has 5 atom stereocenters. The predicted molar refractivity (Wildman–Crippen MR) is 140 cm³/mol. The number of aliphatic hydroxyl groups excluding tert-OH is 1. The smallest absolute Gasteiger partial charge is 0.311 e. The first-order valence-electron chi connectivity index (χ1n) is 12.6. The number of β-amino-alcohol motifs (C(OH)–C–C–N with tert-alkyl or cyclic N) is 1. The van der Waals surface area contributed by atoms with E-state index >= 15 is 0 Å². The van der Waals surface area contributed by atoms with E-state index in [1.54, 1.807) is 4.90 Å². The fourth-order valence-corrected chi connectivity index (χ4v) is 8.52. The zero-order chi connectivity index (χ0) is 25.7. The average molecular weight is 512 g/mol. The monoisotopic (exact) mass is 511 g/mol. The Morgan fingerprint density at radius 3 is 2.44 bits per heavy atom. The molecule has 2 fully saturated rings. The number of ether oxygens (including phenoxy) is 1. The van der Waals surface area contributed by atoms with Crippen LogP contribution in [0.25, 0.3) is 0 Å². The first kappa shape index (κ1) is 24.9. The van der Waals surface area contributed by atoms with E-state index in [1.165, 1.54) is 16.7 Å². The molecule has 0 saturated carbocycles. The number of nitrogens with zero attached hydrogens (tertiary/aromatic N) is 3. The molecule has 36 heavy (non-hydrogen) atoms. The summed E-state index contributed by atoms with van der Waals surface area (Å²) in [4.78, 5) is 46.6. The molecule has 1 spiro atoms. The molecular weight excluding hydrogens is 478 g/mol. The van der Waals surface area contributed by atoms with Crippen LogP contribution in [0, 0.1) is 11.8 Å². The van der Waals surface area contributed by atoms with Crippen LogP contribution in [0.15, 0.2) is 48.6 Å². The SMILES string of the molecule is CCN(CC)c1ccc(N2CC=C[C@]34S[C@]5(C)C=CCOC(=O)[C@@H]5[C@H]3C(=O)N(CCO)C4C2=O)cc1. The Balaban J connectivity index is 1.56. The summed E-state index contributed by atoms with van der Waals surface area (Å²) in [6, 6.07) is 7.07. The largest absolute Gasteiger partial charge is 0.461 e. The number of hydrogen-bond acceptors (Lipinski definition) is 7. The lowest BCUT2D eigenvalue weighted by molar-refractivity contribution is -0.152. The van der Waals surface area contributed by atoms with Crippen molar-refractivity contribution < 1.29 is 24.2 Å². The first-order valence-corrected chi connectivity index (χ1v) is 13.4. The fraction of sp³-hybridized carbons (Fsp3) is 0.519. The second kappa shape index (κ2) is 9.27. The van der Waals surface area contributed by atoms with Crippen molar-refractivity contribution >= 4 is 40.9 Å². The number of fused-ring (bicyclic) bond motifs is 2. The molecule has 2 saturated heterocycles. The van der Waals surface area contributed by atoms with Crippen molar-refractivity contribution in [2.75, 3.05) is 49.2 Å². The number of rotatable bonds is 6. The van der Waals surface area contributed by atoms with E-state index in [2.05, 4.69) is 18.7 Å². The van der Waals surface area contributed by atoms with E-state index < -0.39 is 33.3 Å². The minimum atomic E-state index is -0.931. The highest BCUT2D eigenvalue weighted by atomic mass is 32.2. The number of amides is 2. The van der Waals surface area contributed by atoms with Gasteiger partial charge in [0.1, 0.15) is 12.6 Å². The number of benzene rings is 1. The number of hydrogen-bond donors (Lipinski definition) is 1. The second-order valence-electron chi connectivity index (χ2n) is 9.82. The van der Waals surface area contributed by atoms with E-state index in [-0.39, 0.29) is 31.6 Å². The molecule has 192 valence electrons. The van der Waals surface area contributed by atoms with Crippen molar-refractivity contribution in [3.8, 4) is 0 Å². The average Bonchev–Trinajstić information content (AvgIpc) is 3.11. The van der Waals surface area contributed by atoms with Gasteiger partial charge in [0, 0.05) is 42.3 Å². The molecule has 0 aliphatic carbocycles. The third-order valence-electron chi connectivity index (χ3n) is 7.94. The van der Waals surface area contributed by atoms with Crippen molar-refractivity contribution in [2.24, 2.45) is 11.8 Å². The van der Waals surface area contributed by atoms with Gasteiger partial charge in [-0.2, -0.15) is 0 Å². The highest BCUT2D eigenvalue weighted by Crippen LogP contribution is 2.65. The number of likely N-dealkylation sites (tertiary alicyclic amines) is 1. The molecular formula is C27H33N3O5S. The lowest BCUT2D eigenvalue weighted by atomic mass is 9.75. The number of thioether (sulfide) groups is 1. The van der Waals surface area contributed by atoms with Crippen molar-refractivity contribution in [3.63, 3.8) is 0 Å². The molecule has 1 aromatic carbocycles. The topological polar surface area (TPSA) is 90.4 Å². The van der Waals surface area contributed by atoms with Gasteiger partial charge < -0.3 is 24.5 Å². The summed E-state index contributed by atoms with van der Waals surface area (Å²) in [5.74, 6) is -2.35. The molecule has 1 unspecified atom stereocenters. The highest BCUT2D eigenvalue weighted by Gasteiger charge is 2.74. The quantitative estimate of drug-likeness (QED) is 0.463. The Kier molecular flexibility index (Phi) is 6.41. The van der Waals surface area contributed by atoms with Crippen molar-refractivity contribution in [1.82, 2.24) is 4.90 Å². The van der Waals surface area contributed by atoms with E-state index in [9.17, 15) is 19.5 Å². The van der Waals surface area contributed by atoms with Crippen LogP contribution >= 0.6 is 11.8 Å². The molecule has 2 amide bonds. The van der Waals surface area contributed by atoms with E-state index in [0.29, 0.717) is 6.54 Å². The predicted octanol–water partition coefficient (Wildman–Crippen LogP) is 2.23. The Morgan fingerprint density at radius 2 is 1.78 bits per heavy atom. The van der Waals surface area contributed by atoms with Gasteiger partial charge in [-0.1, -0.05) is 18.2 Å². The van der Waals surface area contributed by atoms with Gasteiger partial charge in [-0.3, -0.25) is 14.4 Å².